The van der Waals surface area contributed by atoms with Gasteiger partial charge in [-0.1, -0.05) is 19.3 Å². The third-order valence-corrected chi connectivity index (χ3v) is 4.41. The summed E-state index contributed by atoms with van der Waals surface area (Å²) in [4.78, 5) is 34.4. The molecule has 1 aromatic rings. The van der Waals surface area contributed by atoms with Crippen molar-refractivity contribution in [1.82, 2.24) is 5.32 Å². The largest absolute Gasteiger partial charge is 0.449 e. The van der Waals surface area contributed by atoms with Crippen molar-refractivity contribution in [3.8, 4) is 0 Å². The van der Waals surface area contributed by atoms with Gasteiger partial charge >= 0.3 is 5.97 Å². The second-order valence-electron chi connectivity index (χ2n) is 6.33. The van der Waals surface area contributed by atoms with Crippen molar-refractivity contribution in [2.75, 3.05) is 12.3 Å². The number of benzene rings is 1. The average molecular weight is 349 g/mol. The Bertz CT molecular complexity index is 656. The minimum absolute atomic E-state index is 0.0606. The van der Waals surface area contributed by atoms with Gasteiger partial charge in [-0.3, -0.25) is 14.9 Å². The topological polar surface area (TPSA) is 125 Å². The number of hydrogen-bond donors (Lipinski definition) is 2. The standard InChI is InChI=1S/C17H23N3O5/c1-11(16(21)19-10-12-5-3-2-4-6-12)25-17(22)14-9-13(20(23)24)7-8-15(14)18/h7-9,11-12H,2-6,10,18H2,1H3,(H,19,21)/t11-/m1/s1. The molecule has 8 heteroatoms. The van der Waals surface area contributed by atoms with Crippen LogP contribution < -0.4 is 11.1 Å². The molecule has 1 atom stereocenters. The highest BCUT2D eigenvalue weighted by Gasteiger charge is 2.23. The molecule has 0 bridgehead atoms. The van der Waals surface area contributed by atoms with Crippen molar-refractivity contribution >= 4 is 23.3 Å². The number of non-ortho nitro benzene ring substituents is 1. The zero-order valence-corrected chi connectivity index (χ0v) is 14.2. The third-order valence-electron chi connectivity index (χ3n) is 4.41. The van der Waals surface area contributed by atoms with Crippen LogP contribution in [0, 0.1) is 16.0 Å². The van der Waals surface area contributed by atoms with Crippen LogP contribution in [0.15, 0.2) is 18.2 Å². The van der Waals surface area contributed by atoms with E-state index in [1.54, 1.807) is 0 Å². The van der Waals surface area contributed by atoms with Gasteiger partial charge in [0, 0.05) is 24.4 Å². The van der Waals surface area contributed by atoms with Crippen molar-refractivity contribution < 1.29 is 19.2 Å². The Morgan fingerprint density at radius 1 is 1.36 bits per heavy atom. The monoisotopic (exact) mass is 349 g/mol. The lowest BCUT2D eigenvalue weighted by Crippen LogP contribution is -2.38. The Morgan fingerprint density at radius 2 is 2.04 bits per heavy atom. The molecule has 1 amide bonds. The maximum absolute atomic E-state index is 12.2. The van der Waals surface area contributed by atoms with Gasteiger partial charge in [0.05, 0.1) is 10.5 Å². The van der Waals surface area contributed by atoms with Crippen LogP contribution in [0.2, 0.25) is 0 Å². The zero-order valence-electron chi connectivity index (χ0n) is 14.2. The normalized spacial score (nSPS) is 16.0. The summed E-state index contributed by atoms with van der Waals surface area (Å²) in [6.45, 7) is 2.03. The molecule has 2 rings (SSSR count). The fourth-order valence-electron chi connectivity index (χ4n) is 2.89. The third kappa shape index (κ3) is 5.17. The first kappa shape index (κ1) is 18.7. The molecule has 3 N–H and O–H groups in total. The summed E-state index contributed by atoms with van der Waals surface area (Å²) in [5, 5.41) is 13.6. The fourth-order valence-corrected chi connectivity index (χ4v) is 2.89. The first-order chi connectivity index (χ1) is 11.9. The molecule has 0 saturated heterocycles. The molecular formula is C17H23N3O5. The second kappa shape index (κ2) is 8.46. The summed E-state index contributed by atoms with van der Waals surface area (Å²) in [5.74, 6) is -0.780. The lowest BCUT2D eigenvalue weighted by Gasteiger charge is -2.22. The van der Waals surface area contributed by atoms with E-state index in [-0.39, 0.29) is 22.8 Å². The number of carbonyl (C=O) groups excluding carboxylic acids is 2. The number of nitrogens with two attached hydrogens (primary N) is 1. The highest BCUT2D eigenvalue weighted by atomic mass is 16.6. The van der Waals surface area contributed by atoms with Gasteiger partial charge in [0.15, 0.2) is 6.10 Å². The highest BCUT2D eigenvalue weighted by Crippen LogP contribution is 2.23. The van der Waals surface area contributed by atoms with Crippen molar-refractivity contribution in [2.45, 2.75) is 45.1 Å². The Morgan fingerprint density at radius 3 is 2.68 bits per heavy atom. The number of nitro groups is 1. The maximum atomic E-state index is 12.2. The molecule has 25 heavy (non-hydrogen) atoms. The van der Waals surface area contributed by atoms with Gasteiger partial charge in [-0.2, -0.15) is 0 Å². The maximum Gasteiger partial charge on any atom is 0.341 e. The summed E-state index contributed by atoms with van der Waals surface area (Å²) in [6.07, 6.45) is 4.78. The number of nitro benzene ring substituents is 1. The number of esters is 1. The molecule has 0 aliphatic heterocycles. The molecule has 1 aliphatic carbocycles. The number of nitrogens with zero attached hydrogens (tertiary/aromatic N) is 1. The van der Waals surface area contributed by atoms with Crippen LogP contribution >= 0.6 is 0 Å². The number of nitrogens with one attached hydrogen (secondary N) is 1. The fraction of sp³-hybridized carbons (Fsp3) is 0.529. The van der Waals surface area contributed by atoms with Crippen molar-refractivity contribution in [1.29, 1.82) is 0 Å². The van der Waals surface area contributed by atoms with Gasteiger partial charge in [-0.05, 0) is 31.7 Å². The predicted molar refractivity (Wildman–Crippen MR) is 92.0 cm³/mol. The Labute approximate surface area is 145 Å². The second-order valence-corrected chi connectivity index (χ2v) is 6.33. The van der Waals surface area contributed by atoms with E-state index in [9.17, 15) is 19.7 Å². The van der Waals surface area contributed by atoms with E-state index in [4.69, 9.17) is 10.5 Å². The van der Waals surface area contributed by atoms with Crippen LogP contribution in [0.4, 0.5) is 11.4 Å². The molecular weight excluding hydrogens is 326 g/mol. The van der Waals surface area contributed by atoms with Crippen LogP contribution in [0.5, 0.6) is 0 Å². The van der Waals surface area contributed by atoms with Gasteiger partial charge in [0.1, 0.15) is 0 Å². The van der Waals surface area contributed by atoms with Gasteiger partial charge in [0.25, 0.3) is 11.6 Å². The van der Waals surface area contributed by atoms with E-state index in [0.717, 1.165) is 18.9 Å². The number of hydrogen-bond acceptors (Lipinski definition) is 6. The molecule has 1 aromatic carbocycles. The summed E-state index contributed by atoms with van der Waals surface area (Å²) in [6, 6.07) is 3.51. The minimum Gasteiger partial charge on any atom is -0.449 e. The summed E-state index contributed by atoms with van der Waals surface area (Å²) < 4.78 is 5.10. The predicted octanol–water partition coefficient (Wildman–Crippen LogP) is 2.42. The Hall–Kier alpha value is -2.64. The van der Waals surface area contributed by atoms with Gasteiger partial charge in [-0.15, -0.1) is 0 Å². The molecule has 0 spiro atoms. The van der Waals surface area contributed by atoms with Crippen LogP contribution in [-0.2, 0) is 9.53 Å². The zero-order chi connectivity index (χ0) is 18.4. The van der Waals surface area contributed by atoms with Crippen molar-refractivity contribution in [3.05, 3.63) is 33.9 Å². The van der Waals surface area contributed by atoms with E-state index in [1.165, 1.54) is 38.3 Å². The summed E-state index contributed by atoms with van der Waals surface area (Å²) >= 11 is 0. The van der Waals surface area contributed by atoms with Crippen molar-refractivity contribution in [2.24, 2.45) is 5.92 Å². The van der Waals surface area contributed by atoms with Gasteiger partial charge in [0.2, 0.25) is 0 Å². The van der Waals surface area contributed by atoms with Gasteiger partial charge < -0.3 is 15.8 Å². The number of nitrogen functional groups attached to an aromatic ring is 1. The lowest BCUT2D eigenvalue weighted by atomic mass is 9.89. The number of ether oxygens (including phenoxy) is 1. The van der Waals surface area contributed by atoms with Crippen LogP contribution in [0.1, 0.15) is 49.4 Å². The molecule has 1 aliphatic rings. The summed E-state index contributed by atoms with van der Waals surface area (Å²) in [7, 11) is 0. The first-order valence-electron chi connectivity index (χ1n) is 8.41. The molecule has 0 aromatic heterocycles. The van der Waals surface area contributed by atoms with E-state index in [1.807, 2.05) is 0 Å². The molecule has 0 heterocycles. The molecule has 136 valence electrons. The number of amides is 1. The number of rotatable bonds is 6. The van der Waals surface area contributed by atoms with Crippen molar-refractivity contribution in [3.63, 3.8) is 0 Å². The molecule has 1 saturated carbocycles. The molecule has 0 radical (unpaired) electrons. The van der Waals surface area contributed by atoms with Gasteiger partial charge in [-0.25, -0.2) is 4.79 Å². The van der Waals surface area contributed by atoms with Crippen LogP contribution in [0.3, 0.4) is 0 Å². The van der Waals surface area contributed by atoms with E-state index >= 15 is 0 Å². The summed E-state index contributed by atoms with van der Waals surface area (Å²) in [5.41, 5.74) is 5.34. The average Bonchev–Trinajstić information content (AvgIpc) is 2.60. The molecule has 0 unspecified atom stereocenters. The quantitative estimate of drug-likeness (QED) is 0.352. The Kier molecular flexibility index (Phi) is 6.32. The SMILES string of the molecule is C[C@@H](OC(=O)c1cc([N+](=O)[O-])ccc1N)C(=O)NCC1CCCCC1. The minimum atomic E-state index is -1.00. The van der Waals surface area contributed by atoms with E-state index in [0.29, 0.717) is 12.5 Å². The number of anilines is 1. The highest BCUT2D eigenvalue weighted by molar-refractivity contribution is 5.97. The van der Waals surface area contributed by atoms with E-state index in [2.05, 4.69) is 5.32 Å². The smallest absolute Gasteiger partial charge is 0.341 e. The lowest BCUT2D eigenvalue weighted by molar-refractivity contribution is -0.384. The molecule has 1 fully saturated rings. The molecule has 8 nitrogen and oxygen atoms in total. The Balaban J connectivity index is 1.91. The van der Waals surface area contributed by atoms with Crippen LogP contribution in [-0.4, -0.2) is 29.4 Å². The first-order valence-corrected chi connectivity index (χ1v) is 8.41. The number of carbonyl (C=O) groups is 2. The van der Waals surface area contributed by atoms with E-state index < -0.39 is 17.0 Å². The van der Waals surface area contributed by atoms with Crippen LogP contribution in [0.25, 0.3) is 0 Å².